The number of hydrogen-bond acceptors (Lipinski definition) is 3. The van der Waals surface area contributed by atoms with Crippen molar-refractivity contribution in [2.24, 2.45) is 0 Å². The number of imide groups is 1. The molecule has 0 saturated carbocycles. The van der Waals surface area contributed by atoms with Crippen molar-refractivity contribution in [2.45, 2.75) is 19.8 Å². The van der Waals surface area contributed by atoms with Gasteiger partial charge in [-0.2, -0.15) is 0 Å². The van der Waals surface area contributed by atoms with Gasteiger partial charge in [0.15, 0.2) is 5.76 Å². The molecule has 1 aliphatic rings. The molecule has 1 aliphatic heterocycles. The van der Waals surface area contributed by atoms with Gasteiger partial charge in [0, 0.05) is 6.54 Å². The highest BCUT2D eigenvalue weighted by Gasteiger charge is 2.35. The van der Waals surface area contributed by atoms with Crippen LogP contribution in [0.15, 0.2) is 30.0 Å². The number of benzene rings is 1. The van der Waals surface area contributed by atoms with E-state index in [-0.39, 0.29) is 11.6 Å². The number of halogens is 1. The monoisotopic (exact) mass is 263 g/mol. The van der Waals surface area contributed by atoms with Crippen LogP contribution in [-0.2, 0) is 9.53 Å². The van der Waals surface area contributed by atoms with Crippen LogP contribution in [0.25, 0.3) is 6.08 Å². The molecular formula is C14H14FNO3. The lowest BCUT2D eigenvalue weighted by Crippen LogP contribution is -2.29. The minimum absolute atomic E-state index is 0.0206. The number of ether oxygens (including phenoxy) is 1. The number of amides is 2. The molecule has 0 spiro atoms. The molecule has 0 aliphatic carbocycles. The summed E-state index contributed by atoms with van der Waals surface area (Å²) in [4.78, 5) is 24.5. The van der Waals surface area contributed by atoms with E-state index in [1.165, 1.54) is 30.3 Å². The molecule has 5 heteroatoms. The van der Waals surface area contributed by atoms with Crippen molar-refractivity contribution in [1.29, 1.82) is 0 Å². The first-order valence-corrected chi connectivity index (χ1v) is 6.12. The quantitative estimate of drug-likeness (QED) is 0.785. The highest BCUT2D eigenvalue weighted by atomic mass is 19.1. The van der Waals surface area contributed by atoms with Gasteiger partial charge in [-0.15, -0.1) is 0 Å². The number of cyclic esters (lactones) is 1. The fourth-order valence-corrected chi connectivity index (χ4v) is 1.72. The zero-order valence-corrected chi connectivity index (χ0v) is 10.6. The van der Waals surface area contributed by atoms with Crippen LogP contribution in [0, 0.1) is 5.82 Å². The third kappa shape index (κ3) is 2.99. The van der Waals surface area contributed by atoms with Crippen molar-refractivity contribution in [3.8, 4) is 0 Å². The van der Waals surface area contributed by atoms with Crippen molar-refractivity contribution in [1.82, 2.24) is 4.90 Å². The van der Waals surface area contributed by atoms with Gasteiger partial charge in [0.1, 0.15) is 5.82 Å². The molecule has 2 rings (SSSR count). The Hall–Kier alpha value is -2.17. The molecule has 0 bridgehead atoms. The summed E-state index contributed by atoms with van der Waals surface area (Å²) in [6.45, 7) is 2.33. The molecule has 0 atom stereocenters. The average Bonchev–Trinajstić information content (AvgIpc) is 2.65. The molecule has 0 radical (unpaired) electrons. The summed E-state index contributed by atoms with van der Waals surface area (Å²) < 4.78 is 17.7. The molecule has 1 aromatic carbocycles. The minimum atomic E-state index is -0.646. The summed E-state index contributed by atoms with van der Waals surface area (Å²) in [5.74, 6) is -0.822. The largest absolute Gasteiger partial charge is 0.422 e. The number of carbonyl (C=O) groups excluding carboxylic acids is 2. The van der Waals surface area contributed by atoms with Crippen LogP contribution < -0.4 is 0 Å². The Morgan fingerprint density at radius 2 is 1.95 bits per heavy atom. The summed E-state index contributed by atoms with van der Waals surface area (Å²) in [5.41, 5.74) is 0.606. The lowest BCUT2D eigenvalue weighted by atomic mass is 10.2. The zero-order chi connectivity index (χ0) is 13.8. The van der Waals surface area contributed by atoms with Crippen molar-refractivity contribution in [3.05, 3.63) is 41.4 Å². The molecular weight excluding hydrogens is 249 g/mol. The molecule has 2 amide bonds. The van der Waals surface area contributed by atoms with E-state index < -0.39 is 12.0 Å². The smallest absolute Gasteiger partial charge is 0.404 e. The maximum absolute atomic E-state index is 12.8. The summed E-state index contributed by atoms with van der Waals surface area (Å²) in [5, 5.41) is 0. The van der Waals surface area contributed by atoms with Crippen LogP contribution >= 0.6 is 0 Å². The second kappa shape index (κ2) is 5.65. The van der Waals surface area contributed by atoms with Crippen LogP contribution in [0.5, 0.6) is 0 Å². The van der Waals surface area contributed by atoms with Crippen LogP contribution in [0.4, 0.5) is 9.18 Å². The van der Waals surface area contributed by atoms with Gasteiger partial charge in [-0.3, -0.25) is 4.79 Å². The molecule has 19 heavy (non-hydrogen) atoms. The zero-order valence-electron chi connectivity index (χ0n) is 10.6. The molecule has 0 N–H and O–H groups in total. The lowest BCUT2D eigenvalue weighted by Gasteiger charge is -2.07. The van der Waals surface area contributed by atoms with Gasteiger partial charge < -0.3 is 4.74 Å². The van der Waals surface area contributed by atoms with Gasteiger partial charge >= 0.3 is 6.09 Å². The van der Waals surface area contributed by atoms with Crippen LogP contribution in [0.2, 0.25) is 0 Å². The van der Waals surface area contributed by atoms with E-state index in [2.05, 4.69) is 0 Å². The molecule has 100 valence electrons. The maximum Gasteiger partial charge on any atom is 0.422 e. The standard InChI is InChI=1S/C14H14FNO3/c1-2-3-8-16-13(17)12(19-14(16)18)9-10-4-6-11(15)7-5-10/h4-7,9H,2-3,8H2,1H3/b12-9-. The second-order valence-corrected chi connectivity index (χ2v) is 4.24. The van der Waals surface area contributed by atoms with Crippen LogP contribution in [0.1, 0.15) is 25.3 Å². The Morgan fingerprint density at radius 1 is 1.26 bits per heavy atom. The molecule has 1 saturated heterocycles. The van der Waals surface area contributed by atoms with E-state index in [0.717, 1.165) is 17.7 Å². The minimum Gasteiger partial charge on any atom is -0.404 e. The Labute approximate surface area is 110 Å². The number of unbranched alkanes of at least 4 members (excludes halogenated alkanes) is 1. The lowest BCUT2D eigenvalue weighted by molar-refractivity contribution is -0.123. The maximum atomic E-state index is 12.8. The van der Waals surface area contributed by atoms with Crippen LogP contribution in [-0.4, -0.2) is 23.4 Å². The SMILES string of the molecule is CCCCN1C(=O)O/C(=C\c2ccc(F)cc2)C1=O. The summed E-state index contributed by atoms with van der Waals surface area (Å²) in [6, 6.07) is 5.58. The normalized spacial score (nSPS) is 17.2. The first kappa shape index (κ1) is 13.3. The third-order valence-corrected chi connectivity index (χ3v) is 2.78. The van der Waals surface area contributed by atoms with Crippen molar-refractivity contribution in [2.75, 3.05) is 6.54 Å². The van der Waals surface area contributed by atoms with Gasteiger partial charge in [-0.25, -0.2) is 14.1 Å². The fourth-order valence-electron chi connectivity index (χ4n) is 1.72. The van der Waals surface area contributed by atoms with Gasteiger partial charge in [0.25, 0.3) is 5.91 Å². The molecule has 4 nitrogen and oxygen atoms in total. The van der Waals surface area contributed by atoms with Gasteiger partial charge in [0.2, 0.25) is 0 Å². The highest BCUT2D eigenvalue weighted by Crippen LogP contribution is 2.20. The molecule has 1 fully saturated rings. The Bertz CT molecular complexity index is 522. The average molecular weight is 263 g/mol. The number of nitrogens with zero attached hydrogens (tertiary/aromatic N) is 1. The highest BCUT2D eigenvalue weighted by molar-refractivity contribution is 6.09. The van der Waals surface area contributed by atoms with Crippen LogP contribution in [0.3, 0.4) is 0 Å². The van der Waals surface area contributed by atoms with Crippen molar-refractivity contribution in [3.63, 3.8) is 0 Å². The molecule has 0 aromatic heterocycles. The van der Waals surface area contributed by atoms with Crippen molar-refractivity contribution >= 4 is 18.1 Å². The molecule has 1 aromatic rings. The second-order valence-electron chi connectivity index (χ2n) is 4.24. The van der Waals surface area contributed by atoms with E-state index in [4.69, 9.17) is 4.74 Å². The number of hydrogen-bond donors (Lipinski definition) is 0. The first-order chi connectivity index (χ1) is 9.11. The fraction of sp³-hybridized carbons (Fsp3) is 0.286. The summed E-state index contributed by atoms with van der Waals surface area (Å²) >= 11 is 0. The first-order valence-electron chi connectivity index (χ1n) is 6.12. The van der Waals surface area contributed by atoms with E-state index in [9.17, 15) is 14.0 Å². The van der Waals surface area contributed by atoms with Gasteiger partial charge in [-0.1, -0.05) is 25.5 Å². The predicted octanol–water partition coefficient (Wildman–Crippen LogP) is 2.95. The Balaban J connectivity index is 2.16. The van der Waals surface area contributed by atoms with Gasteiger partial charge in [0.05, 0.1) is 0 Å². The van der Waals surface area contributed by atoms with E-state index in [1.54, 1.807) is 0 Å². The summed E-state index contributed by atoms with van der Waals surface area (Å²) in [6.07, 6.45) is 2.41. The number of carbonyl (C=O) groups is 2. The predicted molar refractivity (Wildman–Crippen MR) is 67.5 cm³/mol. The van der Waals surface area contributed by atoms with E-state index >= 15 is 0 Å². The number of rotatable bonds is 4. The molecule has 0 unspecified atom stereocenters. The Morgan fingerprint density at radius 3 is 2.58 bits per heavy atom. The topological polar surface area (TPSA) is 46.6 Å². The Kier molecular flexibility index (Phi) is 3.94. The molecule has 1 heterocycles. The van der Waals surface area contributed by atoms with Gasteiger partial charge in [-0.05, 0) is 30.2 Å². The van der Waals surface area contributed by atoms with Crippen molar-refractivity contribution < 1.29 is 18.7 Å². The van der Waals surface area contributed by atoms with E-state index in [0.29, 0.717) is 12.1 Å². The van der Waals surface area contributed by atoms with E-state index in [1.807, 2.05) is 6.92 Å². The third-order valence-electron chi connectivity index (χ3n) is 2.78. The summed E-state index contributed by atoms with van der Waals surface area (Å²) in [7, 11) is 0.